The number of hydrogen-bond acceptors (Lipinski definition) is 3. The van der Waals surface area contributed by atoms with Crippen LogP contribution in [0.4, 0.5) is 0 Å². The highest BCUT2D eigenvalue weighted by atomic mass is 16.1. The topological polar surface area (TPSA) is 72.9 Å². The molecule has 2 rings (SSSR count). The first-order valence-corrected chi connectivity index (χ1v) is 5.09. The van der Waals surface area contributed by atoms with Gasteiger partial charge in [0.05, 0.1) is 11.6 Å². The maximum absolute atomic E-state index is 11.3. The van der Waals surface area contributed by atoms with Gasteiger partial charge in [-0.15, -0.1) is 0 Å². The fourth-order valence-corrected chi connectivity index (χ4v) is 2.29. The van der Waals surface area contributed by atoms with E-state index in [4.69, 9.17) is 5.73 Å². The summed E-state index contributed by atoms with van der Waals surface area (Å²) in [6, 6.07) is 0. The second-order valence-corrected chi connectivity index (χ2v) is 4.12. The van der Waals surface area contributed by atoms with Gasteiger partial charge in [-0.25, -0.2) is 0 Å². The van der Waals surface area contributed by atoms with E-state index in [1.54, 1.807) is 4.68 Å². The van der Waals surface area contributed by atoms with Gasteiger partial charge in [0.2, 0.25) is 5.91 Å². The lowest BCUT2D eigenvalue weighted by Gasteiger charge is -2.14. The molecule has 2 unspecified atom stereocenters. The predicted octanol–water partition coefficient (Wildman–Crippen LogP) is -0.483. The smallest absolute Gasteiger partial charge is 0.222 e. The third-order valence-corrected chi connectivity index (χ3v) is 3.03. The van der Waals surface area contributed by atoms with Crippen LogP contribution in [0.2, 0.25) is 0 Å². The van der Waals surface area contributed by atoms with Crippen LogP contribution in [0.3, 0.4) is 0 Å². The number of carbonyl (C=O) groups is 1. The van der Waals surface area contributed by atoms with E-state index in [0.29, 0.717) is 6.54 Å². The Morgan fingerprint density at radius 1 is 1.67 bits per heavy atom. The molecule has 15 heavy (non-hydrogen) atoms. The molecular formula is C10H16N4O. The number of primary amides is 1. The van der Waals surface area contributed by atoms with Crippen molar-refractivity contribution < 1.29 is 4.79 Å². The van der Waals surface area contributed by atoms with Crippen molar-refractivity contribution in [2.75, 3.05) is 13.1 Å². The van der Waals surface area contributed by atoms with Crippen LogP contribution in [0, 0.1) is 12.8 Å². The van der Waals surface area contributed by atoms with Gasteiger partial charge in [0, 0.05) is 32.3 Å². The van der Waals surface area contributed by atoms with E-state index in [1.165, 1.54) is 0 Å². The summed E-state index contributed by atoms with van der Waals surface area (Å²) in [5.74, 6) is -0.155. The first kappa shape index (κ1) is 10.2. The van der Waals surface area contributed by atoms with Crippen molar-refractivity contribution in [1.82, 2.24) is 15.1 Å². The zero-order valence-electron chi connectivity index (χ0n) is 9.03. The zero-order chi connectivity index (χ0) is 11.0. The van der Waals surface area contributed by atoms with Gasteiger partial charge in [-0.3, -0.25) is 9.48 Å². The quantitative estimate of drug-likeness (QED) is 0.689. The number of nitrogens with two attached hydrogens (primary N) is 1. The molecule has 2 heterocycles. The molecule has 1 aliphatic rings. The van der Waals surface area contributed by atoms with Crippen LogP contribution in [0.15, 0.2) is 6.20 Å². The largest absolute Gasteiger partial charge is 0.369 e. The van der Waals surface area contributed by atoms with Crippen molar-refractivity contribution >= 4 is 5.91 Å². The molecule has 3 N–H and O–H groups in total. The van der Waals surface area contributed by atoms with E-state index in [1.807, 2.05) is 20.2 Å². The van der Waals surface area contributed by atoms with Crippen LogP contribution in [0.5, 0.6) is 0 Å². The fourth-order valence-electron chi connectivity index (χ4n) is 2.29. The number of carbonyl (C=O) groups excluding carboxylic acids is 1. The summed E-state index contributed by atoms with van der Waals surface area (Å²) in [6.07, 6.45) is 1.98. The van der Waals surface area contributed by atoms with Gasteiger partial charge in [-0.1, -0.05) is 0 Å². The second-order valence-electron chi connectivity index (χ2n) is 4.12. The van der Waals surface area contributed by atoms with Crippen LogP contribution in [-0.2, 0) is 11.8 Å². The molecule has 0 saturated carbocycles. The number of amides is 1. The Morgan fingerprint density at radius 2 is 2.40 bits per heavy atom. The highest BCUT2D eigenvalue weighted by Crippen LogP contribution is 2.29. The van der Waals surface area contributed by atoms with Crippen LogP contribution < -0.4 is 11.1 Å². The van der Waals surface area contributed by atoms with E-state index >= 15 is 0 Å². The van der Waals surface area contributed by atoms with E-state index in [0.717, 1.165) is 17.8 Å². The average molecular weight is 208 g/mol. The Labute approximate surface area is 88.6 Å². The van der Waals surface area contributed by atoms with E-state index < -0.39 is 0 Å². The molecule has 2 atom stereocenters. The van der Waals surface area contributed by atoms with Crippen molar-refractivity contribution in [3.05, 3.63) is 17.5 Å². The minimum atomic E-state index is -0.228. The van der Waals surface area contributed by atoms with Gasteiger partial charge < -0.3 is 11.1 Å². The molecule has 1 aliphatic heterocycles. The summed E-state index contributed by atoms with van der Waals surface area (Å²) in [5, 5.41) is 7.49. The van der Waals surface area contributed by atoms with Crippen molar-refractivity contribution in [2.45, 2.75) is 12.8 Å². The molecule has 0 aliphatic carbocycles. The molecule has 5 heteroatoms. The number of nitrogens with one attached hydrogen (secondary N) is 1. The summed E-state index contributed by atoms with van der Waals surface area (Å²) in [7, 11) is 1.89. The van der Waals surface area contributed by atoms with Gasteiger partial charge in [-0.05, 0) is 12.5 Å². The van der Waals surface area contributed by atoms with Crippen molar-refractivity contribution in [3.8, 4) is 0 Å². The minimum absolute atomic E-state index is 0.104. The van der Waals surface area contributed by atoms with E-state index in [2.05, 4.69) is 10.4 Å². The first-order valence-electron chi connectivity index (χ1n) is 5.09. The van der Waals surface area contributed by atoms with Crippen molar-refractivity contribution in [1.29, 1.82) is 0 Å². The normalized spacial score (nSPS) is 25.7. The highest BCUT2D eigenvalue weighted by Gasteiger charge is 2.34. The molecule has 82 valence electrons. The lowest BCUT2D eigenvalue weighted by atomic mass is 9.89. The summed E-state index contributed by atoms with van der Waals surface area (Å²) < 4.78 is 1.78. The molecule has 1 aromatic rings. The molecule has 0 spiro atoms. The number of aromatic nitrogens is 2. The fraction of sp³-hybridized carbons (Fsp3) is 0.600. The average Bonchev–Trinajstić information content (AvgIpc) is 2.71. The lowest BCUT2D eigenvalue weighted by Crippen LogP contribution is -2.28. The maximum Gasteiger partial charge on any atom is 0.222 e. The zero-order valence-corrected chi connectivity index (χ0v) is 9.03. The standard InChI is InChI=1S/C10H16N4O/c1-6-9(5-14(2)13-6)7-3-12-4-8(7)10(11)15/h5,7-8,12H,3-4H2,1-2H3,(H2,11,15). The summed E-state index contributed by atoms with van der Waals surface area (Å²) in [4.78, 5) is 11.3. The Hall–Kier alpha value is -1.36. The third-order valence-electron chi connectivity index (χ3n) is 3.03. The Balaban J connectivity index is 2.30. The number of aryl methyl sites for hydroxylation is 2. The maximum atomic E-state index is 11.3. The Morgan fingerprint density at radius 3 is 2.93 bits per heavy atom. The summed E-state index contributed by atoms with van der Waals surface area (Å²) >= 11 is 0. The predicted molar refractivity (Wildman–Crippen MR) is 56.2 cm³/mol. The van der Waals surface area contributed by atoms with Crippen LogP contribution in [0.1, 0.15) is 17.2 Å². The molecule has 1 fully saturated rings. The van der Waals surface area contributed by atoms with Crippen molar-refractivity contribution in [3.63, 3.8) is 0 Å². The monoisotopic (exact) mass is 208 g/mol. The van der Waals surface area contributed by atoms with Crippen LogP contribution in [0.25, 0.3) is 0 Å². The van der Waals surface area contributed by atoms with Gasteiger partial charge in [0.1, 0.15) is 0 Å². The first-order chi connectivity index (χ1) is 7.09. The van der Waals surface area contributed by atoms with Gasteiger partial charge >= 0.3 is 0 Å². The van der Waals surface area contributed by atoms with Crippen LogP contribution in [-0.4, -0.2) is 28.8 Å². The van der Waals surface area contributed by atoms with E-state index in [-0.39, 0.29) is 17.7 Å². The SMILES string of the molecule is Cc1nn(C)cc1C1CNCC1C(N)=O. The molecule has 1 amide bonds. The molecule has 5 nitrogen and oxygen atoms in total. The highest BCUT2D eigenvalue weighted by molar-refractivity contribution is 5.78. The lowest BCUT2D eigenvalue weighted by molar-refractivity contribution is -0.121. The Bertz CT molecular complexity index is 385. The van der Waals surface area contributed by atoms with Gasteiger partial charge in [0.15, 0.2) is 0 Å². The number of rotatable bonds is 2. The molecule has 0 aromatic carbocycles. The van der Waals surface area contributed by atoms with Crippen LogP contribution >= 0.6 is 0 Å². The molecule has 1 saturated heterocycles. The Kier molecular flexibility index (Phi) is 2.48. The number of nitrogens with zero attached hydrogens (tertiary/aromatic N) is 2. The molecule has 0 bridgehead atoms. The minimum Gasteiger partial charge on any atom is -0.369 e. The van der Waals surface area contributed by atoms with Crippen molar-refractivity contribution in [2.24, 2.45) is 18.7 Å². The summed E-state index contributed by atoms with van der Waals surface area (Å²) in [6.45, 7) is 3.44. The number of hydrogen-bond donors (Lipinski definition) is 2. The second kappa shape index (κ2) is 3.66. The summed E-state index contributed by atoms with van der Waals surface area (Å²) in [5.41, 5.74) is 7.49. The molecular weight excluding hydrogens is 192 g/mol. The van der Waals surface area contributed by atoms with E-state index in [9.17, 15) is 4.79 Å². The van der Waals surface area contributed by atoms with Gasteiger partial charge in [-0.2, -0.15) is 5.10 Å². The molecule has 0 radical (unpaired) electrons. The molecule has 1 aromatic heterocycles. The third kappa shape index (κ3) is 1.74. The van der Waals surface area contributed by atoms with Gasteiger partial charge in [0.25, 0.3) is 0 Å².